The second-order valence-electron chi connectivity index (χ2n) is 5.72. The van der Waals surface area contributed by atoms with E-state index in [0.29, 0.717) is 24.1 Å². The Morgan fingerprint density at radius 2 is 2.08 bits per heavy atom. The molecule has 24 heavy (non-hydrogen) atoms. The van der Waals surface area contributed by atoms with Crippen molar-refractivity contribution in [3.05, 3.63) is 48.3 Å². The highest BCUT2D eigenvalue weighted by Crippen LogP contribution is 2.15. The van der Waals surface area contributed by atoms with E-state index in [4.69, 9.17) is 0 Å². The molecule has 2 aromatic rings. The maximum Gasteiger partial charge on any atom is 0.315 e. The number of aromatic nitrogens is 2. The second kappa shape index (κ2) is 7.92. The van der Waals surface area contributed by atoms with Crippen LogP contribution in [0.25, 0.3) is 5.69 Å². The first-order chi connectivity index (χ1) is 11.5. The van der Waals surface area contributed by atoms with Crippen LogP contribution in [0.5, 0.6) is 0 Å². The fraction of sp³-hybridized carbons (Fsp3) is 0.412. The van der Waals surface area contributed by atoms with Crippen LogP contribution in [0.3, 0.4) is 0 Å². The summed E-state index contributed by atoms with van der Waals surface area (Å²) in [6, 6.07) is 4.37. The van der Waals surface area contributed by atoms with E-state index in [9.17, 15) is 14.3 Å². The van der Waals surface area contributed by atoms with Gasteiger partial charge in [0.2, 0.25) is 0 Å². The quantitative estimate of drug-likeness (QED) is 0.727. The Balaban J connectivity index is 1.88. The van der Waals surface area contributed by atoms with Crippen LogP contribution in [-0.4, -0.2) is 32.8 Å². The lowest BCUT2D eigenvalue weighted by molar-refractivity contribution is 0.0349. The zero-order valence-electron chi connectivity index (χ0n) is 13.9. The summed E-state index contributed by atoms with van der Waals surface area (Å²) in [4.78, 5) is 15.7. The summed E-state index contributed by atoms with van der Waals surface area (Å²) < 4.78 is 15.7. The molecule has 0 bridgehead atoms. The Morgan fingerprint density at radius 1 is 1.33 bits per heavy atom. The molecule has 0 radical (unpaired) electrons. The number of hydrogen-bond acceptors (Lipinski definition) is 3. The van der Waals surface area contributed by atoms with Gasteiger partial charge in [0, 0.05) is 25.5 Å². The molecule has 0 aliphatic carbocycles. The molecule has 130 valence electrons. The third kappa shape index (κ3) is 4.55. The second-order valence-corrected chi connectivity index (χ2v) is 5.72. The highest BCUT2D eigenvalue weighted by atomic mass is 19.1. The number of aliphatic hydroxyl groups is 1. The number of urea groups is 1. The molecule has 6 nitrogen and oxygen atoms in total. The van der Waals surface area contributed by atoms with Crippen LogP contribution in [0.15, 0.2) is 36.9 Å². The Morgan fingerprint density at radius 3 is 2.67 bits per heavy atom. The van der Waals surface area contributed by atoms with E-state index in [1.807, 2.05) is 13.8 Å². The van der Waals surface area contributed by atoms with Crippen molar-refractivity contribution in [1.29, 1.82) is 0 Å². The molecular weight excluding hydrogens is 311 g/mol. The van der Waals surface area contributed by atoms with E-state index in [2.05, 4.69) is 15.6 Å². The lowest BCUT2D eigenvalue weighted by Gasteiger charge is -2.25. The Hall–Kier alpha value is -2.41. The van der Waals surface area contributed by atoms with Crippen LogP contribution >= 0.6 is 0 Å². The highest BCUT2D eigenvalue weighted by molar-refractivity contribution is 5.73. The van der Waals surface area contributed by atoms with Crippen molar-refractivity contribution in [2.24, 2.45) is 0 Å². The molecule has 0 aliphatic heterocycles. The van der Waals surface area contributed by atoms with Crippen LogP contribution in [0.4, 0.5) is 9.18 Å². The summed E-state index contributed by atoms with van der Waals surface area (Å²) >= 11 is 0. The molecule has 7 heteroatoms. The van der Waals surface area contributed by atoms with E-state index >= 15 is 0 Å². The zero-order valence-corrected chi connectivity index (χ0v) is 13.9. The number of nitrogens with one attached hydrogen (secondary N) is 2. The predicted octanol–water partition coefficient (Wildman–Crippen LogP) is 2.36. The lowest BCUT2D eigenvalue weighted by Crippen LogP contribution is -2.45. The molecule has 2 amide bonds. The molecule has 0 fully saturated rings. The van der Waals surface area contributed by atoms with Crippen LogP contribution < -0.4 is 10.6 Å². The summed E-state index contributed by atoms with van der Waals surface area (Å²) in [5, 5.41) is 15.4. The Bertz CT molecular complexity index is 669. The number of halogens is 1. The number of carbonyl (C=O) groups excluding carboxylic acids is 1. The van der Waals surface area contributed by atoms with Gasteiger partial charge < -0.3 is 20.3 Å². The van der Waals surface area contributed by atoms with Crippen LogP contribution in [0, 0.1) is 5.82 Å². The summed E-state index contributed by atoms with van der Waals surface area (Å²) in [7, 11) is 0. The summed E-state index contributed by atoms with van der Waals surface area (Å²) in [6.45, 7) is 4.12. The van der Waals surface area contributed by atoms with Crippen LogP contribution in [0.2, 0.25) is 0 Å². The van der Waals surface area contributed by atoms with Crippen LogP contribution in [-0.2, 0) is 6.54 Å². The van der Waals surface area contributed by atoms with Crippen molar-refractivity contribution in [1.82, 2.24) is 20.2 Å². The molecule has 2 rings (SSSR count). The molecule has 0 aliphatic rings. The third-order valence-electron chi connectivity index (χ3n) is 4.14. The van der Waals surface area contributed by atoms with Gasteiger partial charge in [0.1, 0.15) is 5.82 Å². The number of hydrogen-bond donors (Lipinski definition) is 3. The molecule has 3 N–H and O–H groups in total. The van der Waals surface area contributed by atoms with E-state index < -0.39 is 11.6 Å². The fourth-order valence-electron chi connectivity index (χ4n) is 2.26. The van der Waals surface area contributed by atoms with Gasteiger partial charge in [0.05, 0.1) is 17.6 Å². The number of rotatable bonds is 7. The minimum absolute atomic E-state index is 0.180. The maximum absolute atomic E-state index is 14.1. The average molecular weight is 334 g/mol. The van der Waals surface area contributed by atoms with Crippen molar-refractivity contribution < 1.29 is 14.3 Å². The smallest absolute Gasteiger partial charge is 0.315 e. The average Bonchev–Trinajstić information content (AvgIpc) is 3.12. The van der Waals surface area contributed by atoms with Gasteiger partial charge in [-0.1, -0.05) is 19.9 Å². The van der Waals surface area contributed by atoms with Crippen molar-refractivity contribution in [2.75, 3.05) is 6.54 Å². The first-order valence-electron chi connectivity index (χ1n) is 7.98. The van der Waals surface area contributed by atoms with Gasteiger partial charge in [-0.15, -0.1) is 0 Å². The molecule has 0 saturated heterocycles. The topological polar surface area (TPSA) is 79.2 Å². The van der Waals surface area contributed by atoms with Crippen molar-refractivity contribution in [2.45, 2.75) is 38.8 Å². The predicted molar refractivity (Wildman–Crippen MR) is 89.3 cm³/mol. The minimum Gasteiger partial charge on any atom is -0.388 e. The molecule has 0 atom stereocenters. The van der Waals surface area contributed by atoms with Gasteiger partial charge in [0.25, 0.3) is 0 Å². The van der Waals surface area contributed by atoms with Gasteiger partial charge in [-0.3, -0.25) is 0 Å². The first-order valence-corrected chi connectivity index (χ1v) is 7.98. The Kier molecular flexibility index (Phi) is 5.92. The largest absolute Gasteiger partial charge is 0.388 e. The van der Waals surface area contributed by atoms with E-state index in [0.717, 1.165) is 0 Å². The molecule has 0 unspecified atom stereocenters. The van der Waals surface area contributed by atoms with Crippen molar-refractivity contribution in [3.8, 4) is 5.69 Å². The van der Waals surface area contributed by atoms with Gasteiger partial charge in [-0.25, -0.2) is 14.2 Å². The normalized spacial score (nSPS) is 11.3. The molecule has 1 heterocycles. The number of nitrogens with zero attached hydrogens (tertiary/aromatic N) is 2. The molecule has 1 aromatic heterocycles. The SMILES string of the molecule is CCC(O)(CC)CNC(=O)NCc1ccc(-n2ccnc2)c(F)c1. The standard InChI is InChI=1S/C17H23FN4O2/c1-3-17(24,4-2)11-21-16(23)20-10-13-5-6-15(14(18)9-13)22-8-7-19-12-22/h5-9,12,24H,3-4,10-11H2,1-2H3,(H2,20,21,23). The van der Waals surface area contributed by atoms with E-state index in [1.54, 1.807) is 29.1 Å². The lowest BCUT2D eigenvalue weighted by atomic mass is 9.98. The van der Waals surface area contributed by atoms with Gasteiger partial charge >= 0.3 is 6.03 Å². The summed E-state index contributed by atoms with van der Waals surface area (Å²) in [5.41, 5.74) is 0.153. The van der Waals surface area contributed by atoms with Crippen LogP contribution in [0.1, 0.15) is 32.3 Å². The first kappa shape index (κ1) is 17.9. The molecule has 1 aromatic carbocycles. The zero-order chi connectivity index (χ0) is 17.6. The van der Waals surface area contributed by atoms with Gasteiger partial charge in [-0.05, 0) is 30.5 Å². The molecular formula is C17H23FN4O2. The maximum atomic E-state index is 14.1. The Labute approximate surface area is 140 Å². The number of amides is 2. The van der Waals surface area contributed by atoms with E-state index in [1.165, 1.54) is 12.4 Å². The molecule has 0 spiro atoms. The van der Waals surface area contributed by atoms with Gasteiger partial charge in [0.15, 0.2) is 0 Å². The minimum atomic E-state index is -0.893. The monoisotopic (exact) mass is 334 g/mol. The summed E-state index contributed by atoms with van der Waals surface area (Å²) in [5.74, 6) is -0.390. The van der Waals surface area contributed by atoms with Crippen molar-refractivity contribution in [3.63, 3.8) is 0 Å². The number of benzene rings is 1. The van der Waals surface area contributed by atoms with Gasteiger partial charge in [-0.2, -0.15) is 0 Å². The summed E-state index contributed by atoms with van der Waals surface area (Å²) in [6.07, 6.45) is 5.88. The van der Waals surface area contributed by atoms with E-state index in [-0.39, 0.29) is 18.9 Å². The molecule has 0 saturated carbocycles. The number of imidazole rings is 1. The highest BCUT2D eigenvalue weighted by Gasteiger charge is 2.22. The van der Waals surface area contributed by atoms with Crippen molar-refractivity contribution >= 4 is 6.03 Å². The number of carbonyl (C=O) groups is 1. The fourth-order valence-corrected chi connectivity index (χ4v) is 2.26. The third-order valence-corrected chi connectivity index (χ3v) is 4.14.